The molecule has 246 valence electrons. The molecule has 0 spiro atoms. The van der Waals surface area contributed by atoms with Crippen LogP contribution in [0.25, 0.3) is 76.3 Å². The van der Waals surface area contributed by atoms with Gasteiger partial charge in [-0.2, -0.15) is 0 Å². The number of rotatable bonds is 5. The molecule has 1 aliphatic carbocycles. The zero-order valence-corrected chi connectivity index (χ0v) is 29.4. The number of fused-ring (bicyclic) bond motifs is 6. The van der Waals surface area contributed by atoms with Crippen molar-refractivity contribution in [2.75, 3.05) is 0 Å². The van der Waals surface area contributed by atoms with E-state index in [-0.39, 0.29) is 0 Å². The van der Waals surface area contributed by atoms with E-state index in [0.29, 0.717) is 5.92 Å². The van der Waals surface area contributed by atoms with Crippen molar-refractivity contribution in [3.8, 4) is 56.2 Å². The molecule has 0 N–H and O–H groups in total. The Balaban J connectivity index is 1.14. The third-order valence-corrected chi connectivity index (χ3v) is 11.7. The lowest BCUT2D eigenvalue weighted by molar-refractivity contribution is 0.726. The highest BCUT2D eigenvalue weighted by Crippen LogP contribution is 2.45. The number of benzene rings is 7. The van der Waals surface area contributed by atoms with Gasteiger partial charge in [0, 0.05) is 42.8 Å². The van der Waals surface area contributed by atoms with Gasteiger partial charge >= 0.3 is 0 Å². The molecule has 2 nitrogen and oxygen atoms in total. The Labute approximate surface area is 307 Å². The maximum Gasteiger partial charge on any atom is 0.161 e. The standard InChI is InChI=1S/C49H34N2S/c1-4-13-32(14-5-1)39-26-23-33-15-10-11-20-38(33)42-29-36(24-27-40(39)42)37-25-28-46-43(30-37)48-41(21-12-22-47(48)52-46)49-50-44(34-16-6-2-7-17-34)31-45(51-49)35-18-8-3-9-19-35/h1-22,24-25,27-31,39H,23,26H2. The highest BCUT2D eigenvalue weighted by atomic mass is 32.1. The van der Waals surface area contributed by atoms with Crippen molar-refractivity contribution in [3.63, 3.8) is 0 Å². The molecule has 7 aromatic carbocycles. The fourth-order valence-electron chi connectivity index (χ4n) is 8.03. The molecular formula is C49H34N2S. The lowest BCUT2D eigenvalue weighted by Gasteiger charge is -2.19. The van der Waals surface area contributed by atoms with Crippen LogP contribution in [0.5, 0.6) is 0 Å². The summed E-state index contributed by atoms with van der Waals surface area (Å²) >= 11 is 1.83. The van der Waals surface area contributed by atoms with Crippen LogP contribution in [-0.2, 0) is 6.42 Å². The van der Waals surface area contributed by atoms with Gasteiger partial charge in [-0.05, 0) is 82.1 Å². The fourth-order valence-corrected chi connectivity index (χ4v) is 9.15. The molecule has 52 heavy (non-hydrogen) atoms. The molecule has 0 saturated heterocycles. The van der Waals surface area contributed by atoms with Crippen molar-refractivity contribution in [3.05, 3.63) is 193 Å². The number of thiophene rings is 1. The van der Waals surface area contributed by atoms with Gasteiger partial charge < -0.3 is 0 Å². The SMILES string of the molecule is c1ccc(-c2cc(-c3ccccc3)nc(-c3cccc4sc5ccc(-c6ccc7c(c6)-c6ccccc6CCC7c6ccccc6)cc5c34)n2)cc1. The van der Waals surface area contributed by atoms with Gasteiger partial charge in [-0.15, -0.1) is 11.3 Å². The Morgan fingerprint density at radius 1 is 0.462 bits per heavy atom. The first-order valence-electron chi connectivity index (χ1n) is 18.0. The van der Waals surface area contributed by atoms with Crippen LogP contribution in [0.3, 0.4) is 0 Å². The fraction of sp³-hybridized carbons (Fsp3) is 0.0612. The van der Waals surface area contributed by atoms with Crippen LogP contribution in [0.15, 0.2) is 176 Å². The third-order valence-electron chi connectivity index (χ3n) is 10.6. The predicted molar refractivity (Wildman–Crippen MR) is 219 cm³/mol. The molecule has 1 unspecified atom stereocenters. The molecule has 0 fully saturated rings. The molecule has 2 heterocycles. The average molecular weight is 683 g/mol. The summed E-state index contributed by atoms with van der Waals surface area (Å²) in [7, 11) is 0. The van der Waals surface area contributed by atoms with E-state index < -0.39 is 0 Å². The van der Waals surface area contributed by atoms with Crippen molar-refractivity contribution < 1.29 is 0 Å². The van der Waals surface area contributed by atoms with Crippen LogP contribution < -0.4 is 0 Å². The smallest absolute Gasteiger partial charge is 0.161 e. The predicted octanol–water partition coefficient (Wildman–Crippen LogP) is 13.3. The zero-order valence-electron chi connectivity index (χ0n) is 28.5. The van der Waals surface area contributed by atoms with Gasteiger partial charge in [0.25, 0.3) is 0 Å². The molecule has 0 bridgehead atoms. The number of nitrogens with zero attached hydrogens (tertiary/aromatic N) is 2. The molecule has 9 aromatic rings. The van der Waals surface area contributed by atoms with Gasteiger partial charge in [-0.3, -0.25) is 0 Å². The molecule has 1 aliphatic rings. The maximum atomic E-state index is 5.22. The summed E-state index contributed by atoms with van der Waals surface area (Å²) < 4.78 is 2.50. The minimum absolute atomic E-state index is 0.357. The highest BCUT2D eigenvalue weighted by Gasteiger charge is 2.24. The van der Waals surface area contributed by atoms with Gasteiger partial charge in [0.05, 0.1) is 11.4 Å². The van der Waals surface area contributed by atoms with Crippen molar-refractivity contribution in [2.24, 2.45) is 0 Å². The van der Waals surface area contributed by atoms with Crippen molar-refractivity contribution in [1.82, 2.24) is 9.97 Å². The lowest BCUT2D eigenvalue weighted by atomic mass is 9.84. The van der Waals surface area contributed by atoms with Gasteiger partial charge in [0.15, 0.2) is 5.82 Å². The minimum atomic E-state index is 0.357. The van der Waals surface area contributed by atoms with Crippen LogP contribution in [0.2, 0.25) is 0 Å². The second-order valence-electron chi connectivity index (χ2n) is 13.6. The van der Waals surface area contributed by atoms with Crippen LogP contribution >= 0.6 is 11.3 Å². The van der Waals surface area contributed by atoms with Crippen molar-refractivity contribution >= 4 is 31.5 Å². The van der Waals surface area contributed by atoms with E-state index in [9.17, 15) is 0 Å². The number of aromatic nitrogens is 2. The van der Waals surface area contributed by atoms with E-state index in [1.807, 2.05) is 23.5 Å². The van der Waals surface area contributed by atoms with Crippen LogP contribution in [0, 0.1) is 0 Å². The highest BCUT2D eigenvalue weighted by molar-refractivity contribution is 7.26. The second-order valence-corrected chi connectivity index (χ2v) is 14.7. The van der Waals surface area contributed by atoms with E-state index in [2.05, 4.69) is 164 Å². The first kappa shape index (κ1) is 30.6. The number of aryl methyl sites for hydroxylation is 1. The monoisotopic (exact) mass is 682 g/mol. The number of hydrogen-bond donors (Lipinski definition) is 0. The Bertz CT molecular complexity index is 2670. The second kappa shape index (κ2) is 12.9. The van der Waals surface area contributed by atoms with Crippen molar-refractivity contribution in [2.45, 2.75) is 18.8 Å². The Morgan fingerprint density at radius 3 is 1.85 bits per heavy atom. The summed E-state index contributed by atoms with van der Waals surface area (Å²) in [5.74, 6) is 1.10. The van der Waals surface area contributed by atoms with Gasteiger partial charge in [-0.25, -0.2) is 9.97 Å². The summed E-state index contributed by atoms with van der Waals surface area (Å²) in [5.41, 5.74) is 14.4. The van der Waals surface area contributed by atoms with E-state index in [4.69, 9.17) is 9.97 Å². The van der Waals surface area contributed by atoms with Crippen molar-refractivity contribution in [1.29, 1.82) is 0 Å². The Morgan fingerprint density at radius 2 is 1.10 bits per heavy atom. The lowest BCUT2D eigenvalue weighted by Crippen LogP contribution is -2.02. The quantitative estimate of drug-likeness (QED) is 0.181. The van der Waals surface area contributed by atoms with Crippen LogP contribution in [-0.4, -0.2) is 9.97 Å². The van der Waals surface area contributed by atoms with Gasteiger partial charge in [-0.1, -0.05) is 146 Å². The molecule has 0 aliphatic heterocycles. The largest absolute Gasteiger partial charge is 0.228 e. The van der Waals surface area contributed by atoms with E-state index >= 15 is 0 Å². The third kappa shape index (κ3) is 5.42. The molecule has 1 atom stereocenters. The molecule has 2 aromatic heterocycles. The molecule has 0 radical (unpaired) electrons. The molecular weight excluding hydrogens is 649 g/mol. The Kier molecular flexibility index (Phi) is 7.58. The molecule has 0 amide bonds. The van der Waals surface area contributed by atoms with Crippen LogP contribution in [0.4, 0.5) is 0 Å². The maximum absolute atomic E-state index is 5.22. The molecule has 0 saturated carbocycles. The zero-order chi connectivity index (χ0) is 34.4. The van der Waals surface area contributed by atoms with E-state index in [0.717, 1.165) is 46.7 Å². The van der Waals surface area contributed by atoms with E-state index in [1.165, 1.54) is 59.1 Å². The van der Waals surface area contributed by atoms with Gasteiger partial charge in [0.2, 0.25) is 0 Å². The normalized spacial score (nSPS) is 13.8. The first-order chi connectivity index (χ1) is 25.8. The summed E-state index contributed by atoms with van der Waals surface area (Å²) in [5, 5.41) is 2.44. The molecule has 3 heteroatoms. The van der Waals surface area contributed by atoms with E-state index in [1.54, 1.807) is 0 Å². The first-order valence-corrected chi connectivity index (χ1v) is 18.8. The summed E-state index contributed by atoms with van der Waals surface area (Å²) in [4.78, 5) is 10.4. The average Bonchev–Trinajstić information content (AvgIpc) is 3.52. The Hall–Kier alpha value is -6.16. The minimum Gasteiger partial charge on any atom is -0.228 e. The van der Waals surface area contributed by atoms with Crippen LogP contribution in [0.1, 0.15) is 29.0 Å². The number of hydrogen-bond acceptors (Lipinski definition) is 3. The van der Waals surface area contributed by atoms with Gasteiger partial charge in [0.1, 0.15) is 0 Å². The summed E-state index contributed by atoms with van der Waals surface area (Å²) in [6.45, 7) is 0. The topological polar surface area (TPSA) is 25.8 Å². The summed E-state index contributed by atoms with van der Waals surface area (Å²) in [6.07, 6.45) is 2.16. The molecule has 10 rings (SSSR count). The summed E-state index contributed by atoms with van der Waals surface area (Å²) in [6, 6.07) is 63.6.